The number of rotatable bonds is 8. The van der Waals surface area contributed by atoms with Crippen molar-refractivity contribution in [2.75, 3.05) is 5.73 Å². The number of nitrogen functional groups attached to an aromatic ring is 1. The van der Waals surface area contributed by atoms with Gasteiger partial charge in [0.2, 0.25) is 11.8 Å². The Bertz CT molecular complexity index is 795. The number of aryl methyl sites for hydroxylation is 1. The number of benzene rings is 1. The Morgan fingerprint density at radius 2 is 1.79 bits per heavy atom. The van der Waals surface area contributed by atoms with E-state index in [4.69, 9.17) is 11.5 Å². The number of nitrogens with two attached hydrogens (primary N) is 2. The standard InChI is InChI=1S/C19H24FN5O2.2ClH/c1-12(18(26)24-11-14-9-15(20)17(22)23-10-14)25-19(27)16(21)8-7-13-5-3-2-4-6-13;;/h2-6,9-10,12,16H,7-8,11,21H2,1H3,(H2,22,23)(H,24,26)(H,25,27);2*1H/t12-,16+;;/m0../s1. The van der Waals surface area contributed by atoms with E-state index in [0.29, 0.717) is 18.4 Å². The van der Waals surface area contributed by atoms with Crippen LogP contribution in [0.2, 0.25) is 0 Å². The summed E-state index contributed by atoms with van der Waals surface area (Å²) in [4.78, 5) is 27.9. The summed E-state index contributed by atoms with van der Waals surface area (Å²) >= 11 is 0. The quantitative estimate of drug-likeness (QED) is 0.492. The summed E-state index contributed by atoms with van der Waals surface area (Å²) in [5, 5.41) is 5.19. The number of hydrogen-bond donors (Lipinski definition) is 4. The molecular weight excluding hydrogens is 420 g/mol. The number of amides is 2. The van der Waals surface area contributed by atoms with Crippen LogP contribution < -0.4 is 22.1 Å². The Morgan fingerprint density at radius 1 is 1.14 bits per heavy atom. The third-order valence-electron chi connectivity index (χ3n) is 4.07. The molecule has 0 aliphatic carbocycles. The molecule has 6 N–H and O–H groups in total. The highest BCUT2D eigenvalue weighted by Gasteiger charge is 2.20. The van der Waals surface area contributed by atoms with Gasteiger partial charge in [-0.2, -0.15) is 0 Å². The molecule has 2 atom stereocenters. The lowest BCUT2D eigenvalue weighted by Gasteiger charge is -2.17. The van der Waals surface area contributed by atoms with Crippen LogP contribution in [-0.2, 0) is 22.6 Å². The average Bonchev–Trinajstić information content (AvgIpc) is 2.67. The van der Waals surface area contributed by atoms with E-state index in [0.717, 1.165) is 5.56 Å². The molecule has 2 amide bonds. The summed E-state index contributed by atoms with van der Waals surface area (Å²) in [5.41, 5.74) is 12.8. The lowest BCUT2D eigenvalue weighted by molar-refractivity contribution is -0.129. The topological polar surface area (TPSA) is 123 Å². The second kappa shape index (κ2) is 12.9. The van der Waals surface area contributed by atoms with Crippen LogP contribution in [0.5, 0.6) is 0 Å². The van der Waals surface area contributed by atoms with Crippen molar-refractivity contribution in [3.05, 3.63) is 59.5 Å². The van der Waals surface area contributed by atoms with Crippen LogP contribution in [0.4, 0.5) is 10.2 Å². The van der Waals surface area contributed by atoms with Gasteiger partial charge in [0.05, 0.1) is 6.04 Å². The van der Waals surface area contributed by atoms with E-state index in [1.54, 1.807) is 6.92 Å². The number of nitrogens with one attached hydrogen (secondary N) is 2. The van der Waals surface area contributed by atoms with Crippen molar-refractivity contribution in [1.82, 2.24) is 15.6 Å². The third-order valence-corrected chi connectivity index (χ3v) is 4.07. The molecule has 0 unspecified atom stereocenters. The normalized spacial score (nSPS) is 12.0. The van der Waals surface area contributed by atoms with Crippen LogP contribution >= 0.6 is 24.8 Å². The maximum absolute atomic E-state index is 13.3. The molecule has 0 bridgehead atoms. The fourth-order valence-corrected chi connectivity index (χ4v) is 2.41. The zero-order chi connectivity index (χ0) is 19.8. The van der Waals surface area contributed by atoms with Crippen molar-refractivity contribution in [3.8, 4) is 0 Å². The highest BCUT2D eigenvalue weighted by molar-refractivity contribution is 5.89. The third kappa shape index (κ3) is 8.64. The highest BCUT2D eigenvalue weighted by Crippen LogP contribution is 2.08. The molecule has 29 heavy (non-hydrogen) atoms. The van der Waals surface area contributed by atoms with Gasteiger partial charge in [0.25, 0.3) is 0 Å². The van der Waals surface area contributed by atoms with Crippen LogP contribution in [0.1, 0.15) is 24.5 Å². The van der Waals surface area contributed by atoms with Gasteiger partial charge in [0.1, 0.15) is 6.04 Å². The minimum Gasteiger partial charge on any atom is -0.381 e. The first-order valence-electron chi connectivity index (χ1n) is 8.64. The first-order chi connectivity index (χ1) is 12.9. The Hall–Kier alpha value is -2.42. The lowest BCUT2D eigenvalue weighted by atomic mass is 10.1. The summed E-state index contributed by atoms with van der Waals surface area (Å²) < 4.78 is 13.3. The van der Waals surface area contributed by atoms with Crippen molar-refractivity contribution >= 4 is 42.4 Å². The van der Waals surface area contributed by atoms with Crippen molar-refractivity contribution in [3.63, 3.8) is 0 Å². The van der Waals surface area contributed by atoms with Gasteiger partial charge in [0.15, 0.2) is 11.6 Å². The number of anilines is 1. The fraction of sp³-hybridized carbons (Fsp3) is 0.316. The average molecular weight is 446 g/mol. The van der Waals surface area contributed by atoms with Crippen molar-refractivity contribution < 1.29 is 14.0 Å². The summed E-state index contributed by atoms with van der Waals surface area (Å²) in [6.45, 7) is 1.63. The molecule has 0 aliphatic rings. The number of carbonyl (C=O) groups excluding carboxylic acids is 2. The largest absolute Gasteiger partial charge is 0.381 e. The monoisotopic (exact) mass is 445 g/mol. The maximum atomic E-state index is 13.3. The van der Waals surface area contributed by atoms with Crippen LogP contribution in [0.15, 0.2) is 42.6 Å². The Kier molecular flexibility index (Phi) is 11.8. The molecule has 0 radical (unpaired) electrons. The van der Waals surface area contributed by atoms with E-state index in [1.165, 1.54) is 12.3 Å². The Balaban J connectivity index is 0.00000392. The molecule has 2 aromatic rings. The predicted molar refractivity (Wildman–Crippen MR) is 115 cm³/mol. The summed E-state index contributed by atoms with van der Waals surface area (Å²) in [6, 6.07) is 9.43. The van der Waals surface area contributed by atoms with E-state index in [1.807, 2.05) is 30.3 Å². The fourth-order valence-electron chi connectivity index (χ4n) is 2.41. The Labute approximate surface area is 181 Å². The van der Waals surface area contributed by atoms with Crippen LogP contribution in [-0.4, -0.2) is 28.9 Å². The summed E-state index contributed by atoms with van der Waals surface area (Å²) in [7, 11) is 0. The molecule has 0 spiro atoms. The molecule has 0 fully saturated rings. The van der Waals surface area contributed by atoms with E-state index >= 15 is 0 Å². The number of halogens is 3. The SMILES string of the molecule is C[C@H](NC(=O)[C@H](N)CCc1ccccc1)C(=O)NCc1cnc(N)c(F)c1.Cl.Cl. The molecule has 1 aromatic heterocycles. The van der Waals surface area contributed by atoms with Crippen molar-refractivity contribution in [1.29, 1.82) is 0 Å². The predicted octanol–water partition coefficient (Wildman–Crippen LogP) is 1.73. The van der Waals surface area contributed by atoms with Gasteiger partial charge in [-0.3, -0.25) is 9.59 Å². The van der Waals surface area contributed by atoms with Gasteiger partial charge < -0.3 is 22.1 Å². The maximum Gasteiger partial charge on any atom is 0.242 e. The second-order valence-corrected chi connectivity index (χ2v) is 6.29. The van der Waals surface area contributed by atoms with Crippen LogP contribution in [0.3, 0.4) is 0 Å². The second-order valence-electron chi connectivity index (χ2n) is 6.29. The molecule has 160 valence electrons. The van der Waals surface area contributed by atoms with Gasteiger partial charge in [-0.05, 0) is 37.0 Å². The Morgan fingerprint density at radius 3 is 2.41 bits per heavy atom. The van der Waals surface area contributed by atoms with Gasteiger partial charge in [-0.1, -0.05) is 30.3 Å². The summed E-state index contributed by atoms with van der Waals surface area (Å²) in [5.74, 6) is -1.65. The molecule has 10 heteroatoms. The van der Waals surface area contributed by atoms with Gasteiger partial charge in [-0.15, -0.1) is 24.8 Å². The highest BCUT2D eigenvalue weighted by atomic mass is 35.5. The first kappa shape index (κ1) is 26.6. The minimum absolute atomic E-state index is 0. The summed E-state index contributed by atoms with van der Waals surface area (Å²) in [6.07, 6.45) is 2.52. The van der Waals surface area contributed by atoms with E-state index in [-0.39, 0.29) is 37.2 Å². The number of hydrogen-bond acceptors (Lipinski definition) is 5. The number of pyridine rings is 1. The molecule has 0 aliphatic heterocycles. The lowest BCUT2D eigenvalue weighted by Crippen LogP contribution is -2.50. The zero-order valence-corrected chi connectivity index (χ0v) is 17.6. The van der Waals surface area contributed by atoms with Crippen LogP contribution in [0, 0.1) is 5.82 Å². The van der Waals surface area contributed by atoms with Crippen LogP contribution in [0.25, 0.3) is 0 Å². The molecular formula is C19H26Cl2FN5O2. The molecule has 0 saturated heterocycles. The molecule has 0 saturated carbocycles. The molecule has 7 nitrogen and oxygen atoms in total. The van der Waals surface area contributed by atoms with Gasteiger partial charge >= 0.3 is 0 Å². The van der Waals surface area contributed by atoms with Gasteiger partial charge in [0, 0.05) is 12.7 Å². The van der Waals surface area contributed by atoms with E-state index in [9.17, 15) is 14.0 Å². The van der Waals surface area contributed by atoms with Crippen molar-refractivity contribution in [2.45, 2.75) is 38.4 Å². The number of nitrogens with zero attached hydrogens (tertiary/aromatic N) is 1. The molecule has 1 heterocycles. The first-order valence-corrected chi connectivity index (χ1v) is 8.64. The van der Waals surface area contributed by atoms with Gasteiger partial charge in [-0.25, -0.2) is 9.37 Å². The molecule has 2 rings (SSSR count). The zero-order valence-electron chi connectivity index (χ0n) is 15.9. The van der Waals surface area contributed by atoms with E-state index in [2.05, 4.69) is 15.6 Å². The molecule has 1 aromatic carbocycles. The smallest absolute Gasteiger partial charge is 0.242 e. The van der Waals surface area contributed by atoms with Crippen molar-refractivity contribution in [2.24, 2.45) is 5.73 Å². The minimum atomic E-state index is -0.771. The van der Waals surface area contributed by atoms with E-state index < -0.39 is 29.7 Å². The number of aromatic nitrogens is 1. The number of carbonyl (C=O) groups is 2.